The standard InChI is InChI=1S/C19H20N2O4/c1-12-5-3-6-14(9-12)10-17(18(20)23)21-19(24)15-7-4-8-16(11-15)25-13(2)22/h3-9,11,17H,10H2,1-2H3,(H2,20,23)(H,21,24)/t17-/m0/s1. The van der Waals surface area contributed by atoms with Crippen molar-refractivity contribution in [1.82, 2.24) is 5.32 Å². The Morgan fingerprint density at radius 1 is 1.12 bits per heavy atom. The van der Waals surface area contributed by atoms with Crippen LogP contribution >= 0.6 is 0 Å². The molecule has 0 heterocycles. The molecule has 0 fully saturated rings. The molecule has 0 aliphatic carbocycles. The molecule has 0 radical (unpaired) electrons. The van der Waals surface area contributed by atoms with Gasteiger partial charge in [-0.05, 0) is 30.7 Å². The van der Waals surface area contributed by atoms with Gasteiger partial charge in [-0.25, -0.2) is 0 Å². The lowest BCUT2D eigenvalue weighted by Crippen LogP contribution is -2.45. The Labute approximate surface area is 146 Å². The number of hydrogen-bond acceptors (Lipinski definition) is 4. The molecule has 0 aliphatic rings. The van der Waals surface area contributed by atoms with Crippen LogP contribution in [0, 0.1) is 6.92 Å². The van der Waals surface area contributed by atoms with Crippen LogP contribution in [0.1, 0.15) is 28.4 Å². The molecule has 2 aromatic rings. The number of nitrogens with one attached hydrogen (secondary N) is 1. The van der Waals surface area contributed by atoms with Crippen molar-refractivity contribution in [2.24, 2.45) is 5.73 Å². The van der Waals surface area contributed by atoms with E-state index in [2.05, 4.69) is 5.32 Å². The van der Waals surface area contributed by atoms with Crippen LogP contribution in [0.3, 0.4) is 0 Å². The van der Waals surface area contributed by atoms with Crippen molar-refractivity contribution in [2.45, 2.75) is 26.3 Å². The molecule has 3 N–H and O–H groups in total. The van der Waals surface area contributed by atoms with Gasteiger partial charge in [0.25, 0.3) is 5.91 Å². The summed E-state index contributed by atoms with van der Waals surface area (Å²) >= 11 is 0. The predicted molar refractivity (Wildman–Crippen MR) is 93.1 cm³/mol. The Morgan fingerprint density at radius 3 is 2.48 bits per heavy atom. The van der Waals surface area contributed by atoms with Crippen LogP contribution in [0.5, 0.6) is 5.75 Å². The largest absolute Gasteiger partial charge is 0.427 e. The quantitative estimate of drug-likeness (QED) is 0.618. The van der Waals surface area contributed by atoms with E-state index in [4.69, 9.17) is 10.5 Å². The molecule has 0 saturated carbocycles. The van der Waals surface area contributed by atoms with E-state index in [1.54, 1.807) is 18.2 Å². The first kappa shape index (κ1) is 18.2. The molecular weight excluding hydrogens is 320 g/mol. The molecule has 0 spiro atoms. The van der Waals surface area contributed by atoms with E-state index in [0.717, 1.165) is 11.1 Å². The highest BCUT2D eigenvalue weighted by atomic mass is 16.5. The first-order valence-corrected chi connectivity index (χ1v) is 7.79. The van der Waals surface area contributed by atoms with Crippen molar-refractivity contribution in [3.8, 4) is 5.75 Å². The van der Waals surface area contributed by atoms with Crippen molar-refractivity contribution < 1.29 is 19.1 Å². The second-order valence-electron chi connectivity index (χ2n) is 5.74. The van der Waals surface area contributed by atoms with Gasteiger partial charge < -0.3 is 15.8 Å². The molecule has 130 valence electrons. The van der Waals surface area contributed by atoms with Gasteiger partial charge in [0.2, 0.25) is 5.91 Å². The van der Waals surface area contributed by atoms with E-state index in [1.165, 1.54) is 13.0 Å². The average molecular weight is 340 g/mol. The fourth-order valence-corrected chi connectivity index (χ4v) is 2.41. The van der Waals surface area contributed by atoms with Crippen LogP contribution in [-0.2, 0) is 16.0 Å². The molecule has 2 aromatic carbocycles. The smallest absolute Gasteiger partial charge is 0.308 e. The zero-order valence-corrected chi connectivity index (χ0v) is 14.1. The normalized spacial score (nSPS) is 11.4. The Morgan fingerprint density at radius 2 is 1.84 bits per heavy atom. The van der Waals surface area contributed by atoms with Crippen LogP contribution in [0.2, 0.25) is 0 Å². The van der Waals surface area contributed by atoms with Gasteiger partial charge in [-0.2, -0.15) is 0 Å². The molecule has 2 amide bonds. The third kappa shape index (κ3) is 5.46. The number of aryl methyl sites for hydroxylation is 1. The highest BCUT2D eigenvalue weighted by Gasteiger charge is 2.20. The van der Waals surface area contributed by atoms with Gasteiger partial charge in [-0.15, -0.1) is 0 Å². The van der Waals surface area contributed by atoms with Crippen LogP contribution < -0.4 is 15.8 Å². The molecule has 0 saturated heterocycles. The second-order valence-corrected chi connectivity index (χ2v) is 5.74. The minimum atomic E-state index is -0.841. The molecule has 0 bridgehead atoms. The first-order valence-electron chi connectivity index (χ1n) is 7.79. The Balaban J connectivity index is 2.12. The lowest BCUT2D eigenvalue weighted by molar-refractivity contribution is -0.131. The summed E-state index contributed by atoms with van der Waals surface area (Å²) in [5.74, 6) is -1.31. The van der Waals surface area contributed by atoms with E-state index < -0.39 is 23.8 Å². The summed E-state index contributed by atoms with van der Waals surface area (Å²) in [5.41, 5.74) is 7.65. The van der Waals surface area contributed by atoms with E-state index in [-0.39, 0.29) is 11.3 Å². The maximum atomic E-state index is 12.4. The number of primary amides is 1. The number of nitrogens with two attached hydrogens (primary N) is 1. The number of carbonyl (C=O) groups is 3. The van der Waals surface area contributed by atoms with Crippen LogP contribution in [-0.4, -0.2) is 23.8 Å². The Hall–Kier alpha value is -3.15. The van der Waals surface area contributed by atoms with E-state index in [0.29, 0.717) is 6.42 Å². The topological polar surface area (TPSA) is 98.5 Å². The second kappa shape index (κ2) is 8.10. The van der Waals surface area contributed by atoms with Crippen LogP contribution in [0.4, 0.5) is 0 Å². The van der Waals surface area contributed by atoms with Crippen molar-refractivity contribution in [3.05, 3.63) is 65.2 Å². The third-order valence-electron chi connectivity index (χ3n) is 3.53. The predicted octanol–water partition coefficient (Wildman–Crippen LogP) is 1.75. The summed E-state index contributed by atoms with van der Waals surface area (Å²) in [4.78, 5) is 35.1. The molecular formula is C19H20N2O4. The fraction of sp³-hybridized carbons (Fsp3) is 0.211. The van der Waals surface area contributed by atoms with Gasteiger partial charge >= 0.3 is 5.97 Å². The number of carbonyl (C=O) groups excluding carboxylic acids is 3. The molecule has 6 heteroatoms. The number of hydrogen-bond donors (Lipinski definition) is 2. The maximum Gasteiger partial charge on any atom is 0.308 e. The van der Waals surface area contributed by atoms with Gasteiger partial charge in [0.05, 0.1) is 0 Å². The monoisotopic (exact) mass is 340 g/mol. The lowest BCUT2D eigenvalue weighted by Gasteiger charge is -2.16. The molecule has 0 aromatic heterocycles. The summed E-state index contributed by atoms with van der Waals surface area (Å²) in [7, 11) is 0. The number of benzene rings is 2. The summed E-state index contributed by atoms with van der Waals surface area (Å²) in [6, 6.07) is 12.9. The van der Waals surface area contributed by atoms with E-state index in [9.17, 15) is 14.4 Å². The van der Waals surface area contributed by atoms with Gasteiger partial charge in [-0.1, -0.05) is 35.9 Å². The fourth-order valence-electron chi connectivity index (χ4n) is 2.41. The summed E-state index contributed by atoms with van der Waals surface area (Å²) in [5, 5.41) is 2.63. The summed E-state index contributed by atoms with van der Waals surface area (Å²) in [6.07, 6.45) is 0.298. The zero-order valence-electron chi connectivity index (χ0n) is 14.1. The van der Waals surface area contributed by atoms with Gasteiger partial charge in [0, 0.05) is 18.9 Å². The van der Waals surface area contributed by atoms with E-state index in [1.807, 2.05) is 31.2 Å². The van der Waals surface area contributed by atoms with Crippen molar-refractivity contribution in [3.63, 3.8) is 0 Å². The molecule has 6 nitrogen and oxygen atoms in total. The van der Waals surface area contributed by atoms with Crippen LogP contribution in [0.15, 0.2) is 48.5 Å². The molecule has 2 rings (SSSR count). The highest BCUT2D eigenvalue weighted by Crippen LogP contribution is 2.14. The van der Waals surface area contributed by atoms with Gasteiger partial charge in [0.1, 0.15) is 11.8 Å². The zero-order chi connectivity index (χ0) is 18.4. The molecule has 0 aliphatic heterocycles. The average Bonchev–Trinajstić information content (AvgIpc) is 2.53. The van der Waals surface area contributed by atoms with Crippen molar-refractivity contribution in [2.75, 3.05) is 0 Å². The summed E-state index contributed by atoms with van der Waals surface area (Å²) in [6.45, 7) is 3.22. The van der Waals surface area contributed by atoms with Crippen molar-refractivity contribution >= 4 is 17.8 Å². The molecule has 0 unspecified atom stereocenters. The van der Waals surface area contributed by atoms with Gasteiger partial charge in [-0.3, -0.25) is 14.4 Å². The highest BCUT2D eigenvalue weighted by molar-refractivity contribution is 5.97. The minimum absolute atomic E-state index is 0.259. The third-order valence-corrected chi connectivity index (χ3v) is 3.53. The Bertz CT molecular complexity index is 802. The Kier molecular flexibility index (Phi) is 5.89. The number of rotatable bonds is 6. The lowest BCUT2D eigenvalue weighted by atomic mass is 10.0. The number of amides is 2. The van der Waals surface area contributed by atoms with Crippen molar-refractivity contribution in [1.29, 1.82) is 0 Å². The molecule has 25 heavy (non-hydrogen) atoms. The number of esters is 1. The maximum absolute atomic E-state index is 12.4. The SMILES string of the molecule is CC(=O)Oc1cccc(C(=O)N[C@@H](Cc2cccc(C)c2)C(N)=O)c1. The first-order chi connectivity index (χ1) is 11.8. The van der Waals surface area contributed by atoms with E-state index >= 15 is 0 Å². The minimum Gasteiger partial charge on any atom is -0.427 e. The summed E-state index contributed by atoms with van der Waals surface area (Å²) < 4.78 is 4.96. The van der Waals surface area contributed by atoms with Crippen LogP contribution in [0.25, 0.3) is 0 Å². The van der Waals surface area contributed by atoms with Gasteiger partial charge in [0.15, 0.2) is 0 Å². The molecule has 1 atom stereocenters. The number of ether oxygens (including phenoxy) is 1.